The lowest BCUT2D eigenvalue weighted by Crippen LogP contribution is -2.48. The van der Waals surface area contributed by atoms with E-state index in [1.54, 1.807) is 13.8 Å². The van der Waals surface area contributed by atoms with Crippen molar-refractivity contribution in [1.82, 2.24) is 0 Å². The minimum Gasteiger partial charge on any atom is -0.166 e. The van der Waals surface area contributed by atoms with Gasteiger partial charge in [0.1, 0.15) is 28.3 Å². The van der Waals surface area contributed by atoms with Crippen LogP contribution in [0.5, 0.6) is 0 Å². The van der Waals surface area contributed by atoms with E-state index in [0.29, 0.717) is 0 Å². The molecule has 242 valence electrons. The Balaban J connectivity index is 2.16. The Kier molecular flexibility index (Phi) is 9.09. The minimum atomic E-state index is -4.77. The topological polar surface area (TPSA) is 0 Å². The molecule has 0 saturated heterocycles. The summed E-state index contributed by atoms with van der Waals surface area (Å²) < 4.78 is 164. The Labute approximate surface area is 251 Å². The minimum absolute atomic E-state index is 0.0992. The predicted octanol–water partition coefficient (Wildman–Crippen LogP) is 10.3. The molecular formula is C32H26F12P+. The normalized spacial score (nSPS) is 18.3. The van der Waals surface area contributed by atoms with Gasteiger partial charge >= 0.3 is 24.7 Å². The summed E-state index contributed by atoms with van der Waals surface area (Å²) in [7, 11) is -3.71. The SMILES string of the molecule is CC(C)CC1([P+](c2ccc(C(F)(F)F)cc2)(c2ccc(C(F)(F)F)cc2)c2ccc(C(F)(F)F)cc2)C=CC(C(F)(F)F)=CC1. The van der Waals surface area contributed by atoms with E-state index in [1.165, 1.54) is 6.08 Å². The molecule has 3 aromatic carbocycles. The van der Waals surface area contributed by atoms with Crippen LogP contribution in [0.3, 0.4) is 0 Å². The van der Waals surface area contributed by atoms with Crippen molar-refractivity contribution in [2.45, 2.75) is 56.6 Å². The number of hydrogen-bond donors (Lipinski definition) is 0. The molecule has 1 unspecified atom stereocenters. The molecule has 1 aliphatic rings. The van der Waals surface area contributed by atoms with Crippen molar-refractivity contribution in [2.24, 2.45) is 5.92 Å². The summed E-state index contributed by atoms with van der Waals surface area (Å²) in [4.78, 5) is 0. The molecule has 0 fully saturated rings. The van der Waals surface area contributed by atoms with Crippen molar-refractivity contribution in [3.05, 3.63) is 113 Å². The Morgan fingerprint density at radius 3 is 1.11 bits per heavy atom. The van der Waals surface area contributed by atoms with E-state index in [9.17, 15) is 52.7 Å². The number of allylic oxidation sites excluding steroid dienone is 4. The number of rotatable bonds is 6. The standard InChI is InChI=1S/C32H26F12P/c1-20(2)19-28(17-15-24(16-18-28)32(42,43)44)45(25-9-3-21(4-10-25)29(33,34)35,26-11-5-22(6-12-26)30(36,37)38)27-13-7-23(8-14-27)31(39,40)41/h3-17,20H,18-19H2,1-2H3/q+1. The van der Waals surface area contributed by atoms with Gasteiger partial charge in [-0.05, 0) is 91.2 Å². The molecule has 0 aromatic heterocycles. The van der Waals surface area contributed by atoms with Crippen LogP contribution in [-0.2, 0) is 18.5 Å². The highest BCUT2D eigenvalue weighted by Crippen LogP contribution is 2.71. The third kappa shape index (κ3) is 6.81. The van der Waals surface area contributed by atoms with Crippen molar-refractivity contribution in [1.29, 1.82) is 0 Å². The van der Waals surface area contributed by atoms with Crippen molar-refractivity contribution < 1.29 is 52.7 Å². The van der Waals surface area contributed by atoms with Gasteiger partial charge in [-0.2, -0.15) is 52.7 Å². The fourth-order valence-electron chi connectivity index (χ4n) is 5.96. The van der Waals surface area contributed by atoms with Crippen molar-refractivity contribution >= 4 is 23.2 Å². The second-order valence-electron chi connectivity index (χ2n) is 11.2. The highest BCUT2D eigenvalue weighted by Gasteiger charge is 2.62. The quantitative estimate of drug-likeness (QED) is 0.181. The van der Waals surface area contributed by atoms with Gasteiger partial charge in [0.05, 0.1) is 22.3 Å². The Morgan fingerprint density at radius 2 is 0.889 bits per heavy atom. The molecular weight excluding hydrogens is 643 g/mol. The van der Waals surface area contributed by atoms with Gasteiger partial charge < -0.3 is 0 Å². The van der Waals surface area contributed by atoms with Gasteiger partial charge in [0.2, 0.25) is 0 Å². The zero-order valence-electron chi connectivity index (χ0n) is 23.6. The van der Waals surface area contributed by atoms with E-state index in [2.05, 4.69) is 0 Å². The second-order valence-corrected chi connectivity index (χ2v) is 15.0. The van der Waals surface area contributed by atoms with E-state index in [4.69, 9.17) is 0 Å². The summed E-state index contributed by atoms with van der Waals surface area (Å²) in [5.74, 6) is -0.270. The molecule has 1 aliphatic carbocycles. The average molecular weight is 670 g/mol. The summed E-state index contributed by atoms with van der Waals surface area (Å²) in [6, 6.07) is 11.2. The molecule has 0 bridgehead atoms. The highest BCUT2D eigenvalue weighted by molar-refractivity contribution is 7.97. The first-order valence-corrected chi connectivity index (χ1v) is 15.3. The molecule has 0 saturated carbocycles. The number of hydrogen-bond acceptors (Lipinski definition) is 0. The van der Waals surface area contributed by atoms with Gasteiger partial charge in [-0.25, -0.2) is 0 Å². The van der Waals surface area contributed by atoms with Crippen LogP contribution in [0.25, 0.3) is 0 Å². The van der Waals surface area contributed by atoms with Gasteiger partial charge in [-0.3, -0.25) is 0 Å². The van der Waals surface area contributed by atoms with E-state index < -0.39 is 59.4 Å². The summed E-state index contributed by atoms with van der Waals surface area (Å²) >= 11 is 0. The van der Waals surface area contributed by atoms with Crippen LogP contribution in [0.15, 0.2) is 96.6 Å². The van der Waals surface area contributed by atoms with Gasteiger partial charge in [0, 0.05) is 6.42 Å². The summed E-state index contributed by atoms with van der Waals surface area (Å²) in [6.07, 6.45) is -16.3. The fourth-order valence-corrected chi connectivity index (χ4v) is 11.5. The molecule has 0 amide bonds. The molecule has 0 N–H and O–H groups in total. The highest BCUT2D eigenvalue weighted by atomic mass is 31.2. The van der Waals surface area contributed by atoms with Gasteiger partial charge in [0.25, 0.3) is 0 Å². The molecule has 0 heterocycles. The number of benzene rings is 3. The van der Waals surface area contributed by atoms with E-state index >= 15 is 0 Å². The first kappa shape index (κ1) is 34.6. The summed E-state index contributed by atoms with van der Waals surface area (Å²) in [5.41, 5.74) is -4.16. The van der Waals surface area contributed by atoms with Crippen LogP contribution in [0.2, 0.25) is 0 Å². The zero-order chi connectivity index (χ0) is 33.6. The van der Waals surface area contributed by atoms with Crippen LogP contribution in [-0.4, -0.2) is 11.3 Å². The second kappa shape index (κ2) is 11.8. The Hall–Kier alpha value is -3.27. The average Bonchev–Trinajstić information content (AvgIpc) is 2.92. The van der Waals surface area contributed by atoms with Crippen molar-refractivity contribution in [3.63, 3.8) is 0 Å². The van der Waals surface area contributed by atoms with Gasteiger partial charge in [-0.1, -0.05) is 26.0 Å². The smallest absolute Gasteiger partial charge is 0.166 e. The Bertz CT molecular complexity index is 1400. The van der Waals surface area contributed by atoms with Gasteiger partial charge in [-0.15, -0.1) is 0 Å². The van der Waals surface area contributed by atoms with Crippen LogP contribution in [0.4, 0.5) is 52.7 Å². The van der Waals surface area contributed by atoms with E-state index in [1.807, 2.05) is 0 Å². The van der Waals surface area contributed by atoms with Gasteiger partial charge in [0.15, 0.2) is 0 Å². The maximum atomic E-state index is 13.8. The zero-order valence-corrected chi connectivity index (χ0v) is 24.5. The lowest BCUT2D eigenvalue weighted by atomic mass is 9.88. The monoisotopic (exact) mass is 669 g/mol. The van der Waals surface area contributed by atoms with Crippen LogP contribution in [0.1, 0.15) is 43.4 Å². The third-order valence-corrected chi connectivity index (χ3v) is 12.8. The molecule has 1 atom stereocenters. The molecule has 0 nitrogen and oxygen atoms in total. The van der Waals surface area contributed by atoms with Crippen molar-refractivity contribution in [2.75, 3.05) is 0 Å². The molecule has 45 heavy (non-hydrogen) atoms. The first-order chi connectivity index (χ1) is 20.6. The van der Waals surface area contributed by atoms with Crippen LogP contribution >= 0.6 is 7.26 Å². The molecule has 0 spiro atoms. The van der Waals surface area contributed by atoms with E-state index in [0.717, 1.165) is 84.9 Å². The maximum Gasteiger partial charge on any atom is 0.416 e. The number of halogens is 12. The van der Waals surface area contributed by atoms with Crippen molar-refractivity contribution in [3.8, 4) is 0 Å². The molecule has 0 aliphatic heterocycles. The predicted molar refractivity (Wildman–Crippen MR) is 150 cm³/mol. The lowest BCUT2D eigenvalue weighted by molar-refractivity contribution is -0.138. The molecule has 0 radical (unpaired) electrons. The summed E-state index contributed by atoms with van der Waals surface area (Å²) in [6.45, 7) is 3.50. The molecule has 3 aromatic rings. The fraction of sp³-hybridized carbons (Fsp3) is 0.312. The molecule has 4 rings (SSSR count). The number of alkyl halides is 12. The Morgan fingerprint density at radius 1 is 0.556 bits per heavy atom. The molecule has 13 heteroatoms. The van der Waals surface area contributed by atoms with Crippen LogP contribution in [0, 0.1) is 5.92 Å². The van der Waals surface area contributed by atoms with Crippen LogP contribution < -0.4 is 15.9 Å². The maximum absolute atomic E-state index is 13.8. The summed E-state index contributed by atoms with van der Waals surface area (Å²) in [5, 5.41) is -0.965. The third-order valence-electron chi connectivity index (χ3n) is 7.75. The lowest BCUT2D eigenvalue weighted by Gasteiger charge is -2.45. The van der Waals surface area contributed by atoms with E-state index in [-0.39, 0.29) is 34.7 Å². The first-order valence-electron chi connectivity index (χ1n) is 13.5. The largest absolute Gasteiger partial charge is 0.416 e.